The third-order valence-electron chi connectivity index (χ3n) is 0.279. The van der Waals surface area contributed by atoms with Crippen LogP contribution in [0.5, 0.6) is 0 Å². The number of alkyl halides is 1. The van der Waals surface area contributed by atoms with Gasteiger partial charge in [-0.2, -0.15) is 0 Å². The smallest absolute Gasteiger partial charge is 0.405 e. The van der Waals surface area contributed by atoms with E-state index in [1.165, 1.54) is 0 Å². The second-order valence-corrected chi connectivity index (χ2v) is 2.73. The highest BCUT2D eigenvalue weighted by Crippen LogP contribution is 1.97. The molecule has 0 heterocycles. The number of halogens is 1. The lowest BCUT2D eigenvalue weighted by Crippen LogP contribution is -2.15. The van der Waals surface area contributed by atoms with Gasteiger partial charge in [-0.1, -0.05) is 0 Å². The lowest BCUT2D eigenvalue weighted by molar-refractivity contribution is 0.157. The Balaban J connectivity index is 3.13. The van der Waals surface area contributed by atoms with Crippen molar-refractivity contribution in [2.24, 2.45) is 5.73 Å². The molecular weight excluding hydrogens is 209 g/mol. The van der Waals surface area contributed by atoms with Crippen LogP contribution in [0.25, 0.3) is 0 Å². The number of carbonyl (C=O) groups excluding carboxylic acids is 1. The maximum absolute atomic E-state index is 9.80. The number of hydrogen-bond donors (Lipinski definition) is 1. The Morgan fingerprint density at radius 1 is 2.00 bits per heavy atom. The molecule has 7 heavy (non-hydrogen) atoms. The molecule has 4 heteroatoms. The average Bonchev–Trinajstić information content (AvgIpc) is 1.27. The van der Waals surface area contributed by atoms with Crippen molar-refractivity contribution in [3.05, 3.63) is 0 Å². The molecule has 3 nitrogen and oxygen atoms in total. The van der Waals surface area contributed by atoms with Gasteiger partial charge >= 0.3 is 6.09 Å². The Morgan fingerprint density at radius 3 is 2.43 bits per heavy atom. The van der Waals surface area contributed by atoms with Crippen LogP contribution in [0, 0.1) is 0 Å². The maximum atomic E-state index is 9.80. The van der Waals surface area contributed by atoms with Crippen LogP contribution < -0.4 is 5.73 Å². The van der Waals surface area contributed by atoms with E-state index in [2.05, 4.69) is 10.5 Å². The van der Waals surface area contributed by atoms with E-state index < -0.39 is 6.09 Å². The van der Waals surface area contributed by atoms with Crippen LogP contribution in [-0.2, 0) is 4.74 Å². The molecule has 0 radical (unpaired) electrons. The van der Waals surface area contributed by atoms with Gasteiger partial charge in [-0.15, -0.1) is 0 Å². The Bertz CT molecular complexity index is 73.3. The van der Waals surface area contributed by atoms with Crippen LogP contribution in [0.1, 0.15) is 6.92 Å². The van der Waals surface area contributed by atoms with Gasteiger partial charge in [0.1, 0.15) is 0 Å². The fourth-order valence-electron chi connectivity index (χ4n) is 0.160. The first-order valence-corrected chi connectivity index (χ1v) is 2.97. The summed E-state index contributed by atoms with van der Waals surface area (Å²) in [6, 6.07) is 0. The second-order valence-electron chi connectivity index (χ2n) is 0.980. The van der Waals surface area contributed by atoms with E-state index in [1.807, 2.05) is 22.6 Å². The number of primary amides is 1. The topological polar surface area (TPSA) is 52.3 Å². The zero-order chi connectivity index (χ0) is 5.86. The first-order valence-electron chi connectivity index (χ1n) is 1.73. The lowest BCUT2D eigenvalue weighted by atomic mass is 10.9. The summed E-state index contributed by atoms with van der Waals surface area (Å²) in [6.45, 7) is 1.73. The minimum atomic E-state index is -0.720. The highest BCUT2D eigenvalue weighted by molar-refractivity contribution is 14.1. The van der Waals surface area contributed by atoms with Crippen LogP contribution in [0.3, 0.4) is 0 Å². The Labute approximate surface area is 55.3 Å². The zero-order valence-corrected chi connectivity index (χ0v) is 6.01. The average molecular weight is 215 g/mol. The molecule has 0 saturated carbocycles. The molecule has 0 aliphatic heterocycles. The number of ether oxygens (including phenoxy) is 1. The highest BCUT2D eigenvalue weighted by atomic mass is 127. The number of nitrogens with two attached hydrogens (primary N) is 1. The van der Waals surface area contributed by atoms with Gasteiger partial charge in [0.15, 0.2) is 4.11 Å². The molecule has 1 unspecified atom stereocenters. The third-order valence-corrected chi connectivity index (χ3v) is 0.533. The normalized spacial score (nSPS) is 12.9. The van der Waals surface area contributed by atoms with E-state index in [-0.39, 0.29) is 4.11 Å². The summed E-state index contributed by atoms with van der Waals surface area (Å²) in [4.78, 5) is 9.80. The van der Waals surface area contributed by atoms with Crippen molar-refractivity contribution >= 4 is 28.7 Å². The van der Waals surface area contributed by atoms with Crippen molar-refractivity contribution in [2.45, 2.75) is 11.0 Å². The molecule has 42 valence electrons. The van der Waals surface area contributed by atoms with Gasteiger partial charge in [0, 0.05) is 0 Å². The van der Waals surface area contributed by atoms with Crippen LogP contribution in [0.4, 0.5) is 4.79 Å². The Kier molecular flexibility index (Phi) is 3.06. The number of amides is 1. The monoisotopic (exact) mass is 215 g/mol. The molecule has 0 spiro atoms. The quantitative estimate of drug-likeness (QED) is 0.521. The summed E-state index contributed by atoms with van der Waals surface area (Å²) >= 11 is 1.93. The molecule has 1 amide bonds. The van der Waals surface area contributed by atoms with Crippen LogP contribution >= 0.6 is 22.6 Å². The van der Waals surface area contributed by atoms with E-state index in [1.54, 1.807) is 6.92 Å². The van der Waals surface area contributed by atoms with Crippen molar-refractivity contribution in [1.29, 1.82) is 0 Å². The van der Waals surface area contributed by atoms with E-state index in [0.717, 1.165) is 0 Å². The van der Waals surface area contributed by atoms with Gasteiger partial charge in [0.25, 0.3) is 0 Å². The van der Waals surface area contributed by atoms with E-state index in [9.17, 15) is 4.79 Å². The number of rotatable bonds is 1. The van der Waals surface area contributed by atoms with E-state index in [4.69, 9.17) is 0 Å². The molecule has 0 aliphatic rings. The SMILES string of the molecule is CC(I)OC(N)=O. The van der Waals surface area contributed by atoms with Crippen LogP contribution in [0.15, 0.2) is 0 Å². The molecule has 0 bridgehead atoms. The molecule has 0 aromatic carbocycles. The van der Waals surface area contributed by atoms with Crippen molar-refractivity contribution in [3.63, 3.8) is 0 Å². The summed E-state index contributed by atoms with van der Waals surface area (Å²) < 4.78 is 4.25. The first-order chi connectivity index (χ1) is 3.13. The second kappa shape index (κ2) is 3.06. The molecule has 0 fully saturated rings. The third kappa shape index (κ3) is 6.00. The lowest BCUT2D eigenvalue weighted by Gasteiger charge is -1.99. The van der Waals surface area contributed by atoms with Gasteiger partial charge < -0.3 is 10.5 Å². The molecule has 0 rings (SSSR count). The van der Waals surface area contributed by atoms with Crippen molar-refractivity contribution < 1.29 is 9.53 Å². The first kappa shape index (κ1) is 7.00. The standard InChI is InChI=1S/C3H6INO2/c1-2(4)7-3(5)6/h2H,1H3,(H2,5,6). The summed E-state index contributed by atoms with van der Waals surface area (Å²) in [5.74, 6) is 0. The van der Waals surface area contributed by atoms with Gasteiger partial charge in [-0.25, -0.2) is 4.79 Å². The van der Waals surface area contributed by atoms with Crippen LogP contribution in [0.2, 0.25) is 0 Å². The molecule has 2 N–H and O–H groups in total. The summed E-state index contributed by atoms with van der Waals surface area (Å²) in [5, 5.41) is 0. The fourth-order valence-corrected chi connectivity index (χ4v) is 0.411. The molecule has 0 saturated heterocycles. The van der Waals surface area contributed by atoms with Gasteiger partial charge in [0.05, 0.1) is 0 Å². The highest BCUT2D eigenvalue weighted by Gasteiger charge is 1.96. The van der Waals surface area contributed by atoms with Crippen LogP contribution in [-0.4, -0.2) is 10.2 Å². The van der Waals surface area contributed by atoms with E-state index in [0.29, 0.717) is 0 Å². The van der Waals surface area contributed by atoms with Gasteiger partial charge in [-0.05, 0) is 29.5 Å². The predicted molar refractivity (Wildman–Crippen MR) is 34.2 cm³/mol. The number of hydrogen-bond acceptors (Lipinski definition) is 2. The zero-order valence-electron chi connectivity index (χ0n) is 3.85. The summed E-state index contributed by atoms with van der Waals surface area (Å²) in [7, 11) is 0. The molecule has 0 aromatic rings. The molecule has 0 aliphatic carbocycles. The van der Waals surface area contributed by atoms with Crippen molar-refractivity contribution in [1.82, 2.24) is 0 Å². The Morgan fingerprint density at radius 2 is 2.43 bits per heavy atom. The largest absolute Gasteiger partial charge is 0.436 e. The Hall–Kier alpha value is 0. The minimum absolute atomic E-state index is 0.130. The number of carbonyl (C=O) groups is 1. The minimum Gasteiger partial charge on any atom is -0.436 e. The summed E-state index contributed by atoms with van der Waals surface area (Å²) in [6.07, 6.45) is -0.720. The van der Waals surface area contributed by atoms with Gasteiger partial charge in [0.2, 0.25) is 0 Å². The summed E-state index contributed by atoms with van der Waals surface area (Å²) in [5.41, 5.74) is 4.63. The maximum Gasteiger partial charge on any atom is 0.405 e. The van der Waals surface area contributed by atoms with Crippen molar-refractivity contribution in [3.8, 4) is 0 Å². The molecule has 1 atom stereocenters. The molecule has 0 aromatic heterocycles. The predicted octanol–water partition coefficient (Wildman–Crippen LogP) is 0.863. The van der Waals surface area contributed by atoms with E-state index >= 15 is 0 Å². The molecular formula is C3H6INO2. The van der Waals surface area contributed by atoms with Crippen molar-refractivity contribution in [2.75, 3.05) is 0 Å². The fraction of sp³-hybridized carbons (Fsp3) is 0.667. The van der Waals surface area contributed by atoms with Gasteiger partial charge in [-0.3, -0.25) is 0 Å².